The number of hydrazone groups is 1. The Bertz CT molecular complexity index is 859. The first-order valence-electron chi connectivity index (χ1n) is 6.61. The second-order valence-corrected chi connectivity index (χ2v) is 6.56. The Hall–Kier alpha value is -2.74. The van der Waals surface area contributed by atoms with E-state index in [9.17, 15) is 13.2 Å². The Morgan fingerprint density at radius 2 is 1.91 bits per heavy atom. The first-order chi connectivity index (χ1) is 10.8. The average Bonchev–Trinajstić information content (AvgIpc) is 2.47. The number of benzene rings is 1. The minimum absolute atomic E-state index is 0.0855. The molecule has 120 valence electrons. The fraction of sp³-hybridized carbons (Fsp3) is 0.133. The molecule has 2 rings (SSSR count). The van der Waals surface area contributed by atoms with Crippen molar-refractivity contribution in [1.29, 1.82) is 0 Å². The highest BCUT2D eigenvalue weighted by Gasteiger charge is 2.12. The van der Waals surface area contributed by atoms with Crippen LogP contribution in [-0.4, -0.2) is 30.7 Å². The van der Waals surface area contributed by atoms with Crippen molar-refractivity contribution in [2.24, 2.45) is 5.10 Å². The second-order valence-electron chi connectivity index (χ2n) is 4.90. The molecule has 0 aliphatic heterocycles. The normalized spacial score (nSPS) is 11.6. The molecule has 0 saturated carbocycles. The molecule has 2 aromatic rings. The van der Waals surface area contributed by atoms with Crippen LogP contribution in [0.2, 0.25) is 0 Å². The Kier molecular flexibility index (Phi) is 4.75. The Morgan fingerprint density at radius 1 is 1.26 bits per heavy atom. The van der Waals surface area contributed by atoms with Crippen molar-refractivity contribution < 1.29 is 18.3 Å². The summed E-state index contributed by atoms with van der Waals surface area (Å²) in [6, 6.07) is 7.85. The summed E-state index contributed by atoms with van der Waals surface area (Å²) < 4.78 is 24.0. The molecule has 0 aliphatic rings. The van der Waals surface area contributed by atoms with Crippen LogP contribution in [0, 0.1) is 13.8 Å². The Morgan fingerprint density at radius 3 is 2.48 bits per heavy atom. The van der Waals surface area contributed by atoms with Crippen LogP contribution in [0.1, 0.15) is 27.2 Å². The number of hydrogen-bond acceptors (Lipinski definition) is 5. The van der Waals surface area contributed by atoms with Gasteiger partial charge in [0.15, 0.2) is 0 Å². The number of aryl methyl sites for hydroxylation is 2. The monoisotopic (exact) mass is 333 g/mol. The first-order valence-corrected chi connectivity index (χ1v) is 8.09. The molecule has 0 amide bonds. The fourth-order valence-corrected chi connectivity index (χ4v) is 2.60. The van der Waals surface area contributed by atoms with E-state index < -0.39 is 16.0 Å². The summed E-state index contributed by atoms with van der Waals surface area (Å²) >= 11 is 0. The number of carbonyl (C=O) groups is 1. The van der Waals surface area contributed by atoms with E-state index in [1.165, 1.54) is 30.6 Å². The number of hydrogen-bond donors (Lipinski definition) is 2. The van der Waals surface area contributed by atoms with Crippen molar-refractivity contribution in [3.8, 4) is 0 Å². The van der Waals surface area contributed by atoms with E-state index in [1.54, 1.807) is 19.1 Å². The number of sulfonamides is 1. The molecule has 0 bridgehead atoms. The van der Waals surface area contributed by atoms with Gasteiger partial charge >= 0.3 is 5.97 Å². The van der Waals surface area contributed by atoms with Crippen LogP contribution < -0.4 is 4.83 Å². The molecule has 0 unspecified atom stereocenters. The summed E-state index contributed by atoms with van der Waals surface area (Å²) in [5, 5.41) is 12.6. The van der Waals surface area contributed by atoms with Gasteiger partial charge in [-0.2, -0.15) is 13.5 Å². The van der Waals surface area contributed by atoms with Crippen molar-refractivity contribution in [3.05, 3.63) is 58.9 Å². The summed E-state index contributed by atoms with van der Waals surface area (Å²) in [6.07, 6.45) is 2.41. The molecule has 23 heavy (non-hydrogen) atoms. The molecule has 1 aromatic carbocycles. The van der Waals surface area contributed by atoms with Gasteiger partial charge in [0.25, 0.3) is 10.0 Å². The molecular weight excluding hydrogens is 318 g/mol. The third-order valence-electron chi connectivity index (χ3n) is 3.06. The number of carboxylic acids is 1. The van der Waals surface area contributed by atoms with E-state index in [0.717, 1.165) is 5.56 Å². The average molecular weight is 333 g/mol. The molecule has 1 aromatic heterocycles. The van der Waals surface area contributed by atoms with Crippen molar-refractivity contribution in [2.75, 3.05) is 0 Å². The van der Waals surface area contributed by atoms with Gasteiger partial charge in [-0.25, -0.2) is 9.63 Å². The molecule has 0 spiro atoms. The van der Waals surface area contributed by atoms with Crippen molar-refractivity contribution in [3.63, 3.8) is 0 Å². The zero-order valence-corrected chi connectivity index (χ0v) is 13.3. The SMILES string of the molecule is Cc1ccc(S(=O)(=O)NN=Cc2cc(C)c(C(=O)O)cn2)cc1. The highest BCUT2D eigenvalue weighted by atomic mass is 32.2. The number of carboxylic acid groups (broad SMARTS) is 1. The van der Waals surface area contributed by atoms with E-state index in [4.69, 9.17) is 5.11 Å². The zero-order chi connectivity index (χ0) is 17.0. The minimum Gasteiger partial charge on any atom is -0.478 e. The van der Waals surface area contributed by atoms with Gasteiger partial charge in [-0.15, -0.1) is 0 Å². The van der Waals surface area contributed by atoms with Gasteiger partial charge in [-0.3, -0.25) is 4.98 Å². The van der Waals surface area contributed by atoms with E-state index in [1.807, 2.05) is 6.92 Å². The predicted molar refractivity (Wildman–Crippen MR) is 85.0 cm³/mol. The molecule has 8 heteroatoms. The summed E-state index contributed by atoms with van der Waals surface area (Å²) in [4.78, 5) is 17.0. The van der Waals surface area contributed by atoms with Crippen molar-refractivity contribution in [1.82, 2.24) is 9.82 Å². The van der Waals surface area contributed by atoms with Gasteiger partial charge in [-0.1, -0.05) is 17.7 Å². The zero-order valence-electron chi connectivity index (χ0n) is 12.5. The number of rotatable bonds is 5. The van der Waals surface area contributed by atoms with Gasteiger partial charge < -0.3 is 5.11 Å². The maximum Gasteiger partial charge on any atom is 0.337 e. The third kappa shape index (κ3) is 4.13. The van der Waals surface area contributed by atoms with Crippen LogP contribution in [0.15, 0.2) is 46.5 Å². The van der Waals surface area contributed by atoms with E-state index in [2.05, 4.69) is 14.9 Å². The molecule has 0 saturated heterocycles. The topological polar surface area (TPSA) is 109 Å². The van der Waals surface area contributed by atoms with E-state index >= 15 is 0 Å². The first kappa shape index (κ1) is 16.6. The molecule has 2 N–H and O–H groups in total. The number of nitrogens with one attached hydrogen (secondary N) is 1. The quantitative estimate of drug-likeness (QED) is 0.639. The van der Waals surface area contributed by atoms with Crippen LogP contribution in [0.25, 0.3) is 0 Å². The van der Waals surface area contributed by atoms with Gasteiger partial charge in [0.2, 0.25) is 0 Å². The van der Waals surface area contributed by atoms with Crippen molar-refractivity contribution in [2.45, 2.75) is 18.7 Å². The Balaban J connectivity index is 2.13. The van der Waals surface area contributed by atoms with Crippen LogP contribution in [-0.2, 0) is 10.0 Å². The van der Waals surface area contributed by atoms with Crippen molar-refractivity contribution >= 4 is 22.2 Å². The smallest absolute Gasteiger partial charge is 0.337 e. The van der Waals surface area contributed by atoms with Crippen LogP contribution in [0.4, 0.5) is 0 Å². The van der Waals surface area contributed by atoms with Gasteiger partial charge in [0, 0.05) is 6.20 Å². The maximum absolute atomic E-state index is 12.0. The molecule has 0 aliphatic carbocycles. The molecule has 1 heterocycles. The lowest BCUT2D eigenvalue weighted by molar-refractivity contribution is 0.0695. The largest absolute Gasteiger partial charge is 0.478 e. The van der Waals surface area contributed by atoms with E-state index in [-0.39, 0.29) is 10.5 Å². The van der Waals surface area contributed by atoms with Gasteiger partial charge in [0.05, 0.1) is 22.4 Å². The maximum atomic E-state index is 12.0. The van der Waals surface area contributed by atoms with Gasteiger partial charge in [-0.05, 0) is 37.6 Å². The number of pyridine rings is 1. The molecule has 0 atom stereocenters. The summed E-state index contributed by atoms with van der Waals surface area (Å²) in [7, 11) is -3.75. The van der Waals surface area contributed by atoms with E-state index in [0.29, 0.717) is 11.3 Å². The second kappa shape index (κ2) is 6.57. The predicted octanol–water partition coefficient (Wildman–Crippen LogP) is 1.71. The summed E-state index contributed by atoms with van der Waals surface area (Å²) in [5.41, 5.74) is 1.89. The van der Waals surface area contributed by atoms with Crippen LogP contribution in [0.5, 0.6) is 0 Å². The lowest BCUT2D eigenvalue weighted by atomic mass is 10.1. The highest BCUT2D eigenvalue weighted by molar-refractivity contribution is 7.89. The fourth-order valence-electron chi connectivity index (χ4n) is 1.80. The third-order valence-corrected chi connectivity index (χ3v) is 4.30. The standard InChI is InChI=1S/C15H15N3O4S/c1-10-3-5-13(6-4-10)23(21,22)18-17-8-12-7-11(2)14(9-16-12)15(19)20/h3-9,18H,1-2H3,(H,19,20). The summed E-state index contributed by atoms with van der Waals surface area (Å²) in [5.74, 6) is -1.07. The lowest BCUT2D eigenvalue weighted by Gasteiger charge is -2.04. The number of aromatic nitrogens is 1. The summed E-state index contributed by atoms with van der Waals surface area (Å²) in [6.45, 7) is 3.48. The van der Waals surface area contributed by atoms with Crippen LogP contribution >= 0.6 is 0 Å². The minimum atomic E-state index is -3.75. The molecule has 0 radical (unpaired) electrons. The van der Waals surface area contributed by atoms with Crippen LogP contribution in [0.3, 0.4) is 0 Å². The number of nitrogens with zero attached hydrogens (tertiary/aromatic N) is 2. The Labute approximate surface area is 133 Å². The molecule has 0 fully saturated rings. The number of aromatic carboxylic acids is 1. The van der Waals surface area contributed by atoms with Gasteiger partial charge in [0.1, 0.15) is 0 Å². The molecule has 7 nitrogen and oxygen atoms in total. The highest BCUT2D eigenvalue weighted by Crippen LogP contribution is 2.10. The molecular formula is C15H15N3O4S. The lowest BCUT2D eigenvalue weighted by Crippen LogP contribution is -2.18.